The van der Waals surface area contributed by atoms with E-state index in [1.165, 1.54) is 122 Å². The van der Waals surface area contributed by atoms with Gasteiger partial charge in [-0.3, -0.25) is 23.7 Å². The first kappa shape index (κ1) is 65.0. The Morgan fingerprint density at radius 3 is 1.42 bits per heavy atom. The van der Waals surface area contributed by atoms with Crippen LogP contribution < -0.4 is 5.32 Å². The first-order chi connectivity index (χ1) is 34.9. The van der Waals surface area contributed by atoms with Crippen molar-refractivity contribution < 1.29 is 62.1 Å². The normalized spacial score (nSPS) is 18.8. The van der Waals surface area contributed by atoms with Gasteiger partial charge in [0.05, 0.1) is 37.7 Å². The van der Waals surface area contributed by atoms with Gasteiger partial charge in [0.15, 0.2) is 6.10 Å². The number of hydrogen-bond donors (Lipinski definition) is 4. The molecule has 0 spiro atoms. The van der Waals surface area contributed by atoms with Gasteiger partial charge in [-0.2, -0.15) is 0 Å². The molecule has 7 atom stereocenters. The molecule has 71 heavy (non-hydrogen) atoms. The summed E-state index contributed by atoms with van der Waals surface area (Å²) in [6, 6.07) is -1.09. The van der Waals surface area contributed by atoms with Crippen LogP contribution in [0.4, 0.5) is 0 Å². The molecule has 4 N–H and O–H groups in total. The number of ether oxygens (including phenoxy) is 4. The second-order valence-corrected chi connectivity index (χ2v) is 21.6. The lowest BCUT2D eigenvalue weighted by molar-refractivity contribution is -0.196. The number of carbonyl (C=O) groups excluding carboxylic acids is 4. The Balaban J connectivity index is 3.21. The predicted molar refractivity (Wildman–Crippen MR) is 283 cm³/mol. The van der Waals surface area contributed by atoms with Gasteiger partial charge < -0.3 is 39.2 Å². The highest BCUT2D eigenvalue weighted by atomic mass is 31.2. The molecule has 1 heterocycles. The number of hydrogen-bond acceptors (Lipinski definition) is 12. The number of aliphatic hydroxyl groups is 1. The summed E-state index contributed by atoms with van der Waals surface area (Å²) in [5.41, 5.74) is 0. The minimum atomic E-state index is -5.10. The van der Waals surface area contributed by atoms with Crippen molar-refractivity contribution in [3.63, 3.8) is 0 Å². The zero-order chi connectivity index (χ0) is 52.9. The maximum absolute atomic E-state index is 14.5. The monoisotopic (exact) mass is 1030 g/mol. The Bertz CT molecular complexity index is 1390. The molecule has 0 radical (unpaired) electrons. The van der Waals surface area contributed by atoms with Crippen molar-refractivity contribution in [2.45, 2.75) is 309 Å². The highest BCUT2D eigenvalue weighted by molar-refractivity contribution is 7.46. The predicted octanol–water partition coefficient (Wildman–Crippen LogP) is 13.6. The smallest absolute Gasteiger partial charge is 0.466 e. The average Bonchev–Trinajstić information content (AvgIpc) is 3.35. The van der Waals surface area contributed by atoms with Gasteiger partial charge in [0.1, 0.15) is 18.8 Å². The number of rotatable bonds is 50. The van der Waals surface area contributed by atoms with E-state index >= 15 is 0 Å². The minimum absolute atomic E-state index is 0.0236. The molecule has 1 fully saturated rings. The fraction of sp³-hybridized carbons (Fsp3) is 0.929. The summed E-state index contributed by atoms with van der Waals surface area (Å²) in [6.45, 7) is 7.94. The van der Waals surface area contributed by atoms with Crippen LogP contribution in [0.25, 0.3) is 0 Å². The number of phosphoric ester groups is 1. The van der Waals surface area contributed by atoms with E-state index < -0.39 is 68.7 Å². The van der Waals surface area contributed by atoms with Crippen molar-refractivity contribution in [2.24, 2.45) is 5.92 Å². The second kappa shape index (κ2) is 45.3. The van der Waals surface area contributed by atoms with Crippen LogP contribution in [-0.4, -0.2) is 90.4 Å². The van der Waals surface area contributed by atoms with E-state index in [1.54, 1.807) is 6.92 Å². The standard InChI is InChI=1S/C56H106NO13P/c1-5-9-12-15-18-21-23-24-27-29-32-35-40-47(39-34-31-28-26-22-19-16-13-10-6-2)56(62)69-54-49(57-51(59)44-48(58)41-36-33-30-25-20-17-14-11-7-3)45-67-50(55(54)70-71(63,64)65)46-68-53(61)43-38-37-42-52(60)66-8-4/h47-50,54-55,58H,5-46H2,1-4H3,(H,57,59)(H2,63,64,65)/t47?,48-,49+,50-,54-,55-/m1/s1/i/hD. The number of nitrogens with one attached hydrogen (secondary N) is 1. The van der Waals surface area contributed by atoms with E-state index in [9.17, 15) is 33.7 Å². The maximum Gasteiger partial charge on any atom is 0.470 e. The van der Waals surface area contributed by atoms with Crippen LogP contribution >= 0.6 is 7.82 Å². The van der Waals surface area contributed by atoms with Gasteiger partial charge in [0.25, 0.3) is 0 Å². The summed E-state index contributed by atoms with van der Waals surface area (Å²) < 4.78 is 48.7. The van der Waals surface area contributed by atoms with Crippen LogP contribution in [0.5, 0.6) is 0 Å². The Morgan fingerprint density at radius 1 is 0.592 bits per heavy atom. The number of carbonyl (C=O) groups is 4. The quantitative estimate of drug-likeness (QED) is 0.0194. The number of esters is 3. The van der Waals surface area contributed by atoms with E-state index in [0.29, 0.717) is 32.1 Å². The lowest BCUT2D eigenvalue weighted by Gasteiger charge is -2.42. The van der Waals surface area contributed by atoms with Crippen molar-refractivity contribution in [1.82, 2.24) is 5.32 Å². The molecule has 418 valence electrons. The highest BCUT2D eigenvalue weighted by Crippen LogP contribution is 2.42. The third-order valence-corrected chi connectivity index (χ3v) is 14.4. The zero-order valence-corrected chi connectivity index (χ0v) is 46.4. The van der Waals surface area contributed by atoms with Gasteiger partial charge in [0, 0.05) is 12.8 Å². The largest absolute Gasteiger partial charge is 0.470 e. The van der Waals surface area contributed by atoms with Gasteiger partial charge in [-0.1, -0.05) is 220 Å². The number of aliphatic hydroxyl groups excluding tert-OH is 1. The third-order valence-electron chi connectivity index (χ3n) is 13.9. The van der Waals surface area contributed by atoms with Gasteiger partial charge in [-0.25, -0.2) is 4.57 Å². The summed E-state index contributed by atoms with van der Waals surface area (Å²) in [5.74, 6) is -2.52. The van der Waals surface area contributed by atoms with Crippen molar-refractivity contribution in [1.29, 1.82) is 1.43 Å². The van der Waals surface area contributed by atoms with Crippen LogP contribution in [0.1, 0.15) is 278 Å². The van der Waals surface area contributed by atoms with Crippen LogP contribution in [0.2, 0.25) is 0 Å². The summed E-state index contributed by atoms with van der Waals surface area (Å²) >= 11 is 0. The molecule has 1 aliphatic rings. The van der Waals surface area contributed by atoms with Gasteiger partial charge in [0.2, 0.25) is 7.34 Å². The first-order valence-corrected chi connectivity index (χ1v) is 30.7. The topological polar surface area (TPSA) is 204 Å². The van der Waals surface area contributed by atoms with Crippen molar-refractivity contribution >= 4 is 31.6 Å². The summed E-state index contributed by atoms with van der Waals surface area (Å²) in [7, 11) is -5.10. The van der Waals surface area contributed by atoms with E-state index in [2.05, 4.69) is 31.0 Å². The van der Waals surface area contributed by atoms with Gasteiger partial charge >= 0.3 is 25.7 Å². The van der Waals surface area contributed by atoms with E-state index in [1.807, 2.05) is 0 Å². The average molecular weight is 1030 g/mol. The molecule has 0 aromatic rings. The van der Waals surface area contributed by atoms with Crippen LogP contribution in [-0.2, 0) is 47.2 Å². The summed E-state index contributed by atoms with van der Waals surface area (Å²) in [6.07, 6.45) is 33.0. The fourth-order valence-corrected chi connectivity index (χ4v) is 10.1. The molecule has 0 aliphatic carbocycles. The maximum atomic E-state index is 14.5. The molecule has 1 amide bonds. The first-order valence-electron chi connectivity index (χ1n) is 29.6. The molecule has 1 saturated heterocycles. The SMILES string of the molecule is [2H]OP(=O)(O)O[C@H]1[C@H](OC(=O)C(CCCCCCCCCCCC)CCCCCCCCCCCCCC)[C@@H](NC(=O)C[C@H](O)CCCCCCCCCCC)CO[C@@H]1COC(=O)CCCCC(=O)OCC. The van der Waals surface area contributed by atoms with Crippen molar-refractivity contribution in [3.05, 3.63) is 0 Å². The number of unbranched alkanes of at least 4 members (excludes halogenated alkanes) is 29. The Hall–Kier alpha value is -2.09. The van der Waals surface area contributed by atoms with Gasteiger partial charge in [-0.05, 0) is 39.0 Å². The van der Waals surface area contributed by atoms with E-state index in [4.69, 9.17) is 24.9 Å². The lowest BCUT2D eigenvalue weighted by Crippen LogP contribution is -2.62. The molecule has 0 aromatic carbocycles. The molecule has 15 heteroatoms. The molecule has 0 saturated carbocycles. The van der Waals surface area contributed by atoms with E-state index in [-0.39, 0.29) is 38.4 Å². The van der Waals surface area contributed by atoms with Crippen molar-refractivity contribution in [3.8, 4) is 0 Å². The Labute approximate surface area is 433 Å². The molecular formula is C56H106NO13P. The highest BCUT2D eigenvalue weighted by Gasteiger charge is 2.48. The number of amides is 1. The zero-order valence-electron chi connectivity index (χ0n) is 46.5. The van der Waals surface area contributed by atoms with Crippen LogP contribution in [0.3, 0.4) is 0 Å². The molecule has 2 unspecified atom stereocenters. The molecule has 0 aromatic heterocycles. The van der Waals surface area contributed by atoms with Crippen LogP contribution in [0, 0.1) is 5.92 Å². The summed E-state index contributed by atoms with van der Waals surface area (Å²) in [4.78, 5) is 67.3. The molecule has 14 nitrogen and oxygen atoms in total. The molecule has 1 aliphatic heterocycles. The van der Waals surface area contributed by atoms with Crippen molar-refractivity contribution in [2.75, 3.05) is 19.8 Å². The van der Waals surface area contributed by atoms with Gasteiger partial charge in [-0.15, -0.1) is 0 Å². The van der Waals surface area contributed by atoms with E-state index in [0.717, 1.165) is 77.0 Å². The fourth-order valence-electron chi connectivity index (χ4n) is 9.57. The Morgan fingerprint density at radius 2 is 1.00 bits per heavy atom. The second-order valence-electron chi connectivity index (χ2n) is 20.5. The molecular weight excluding hydrogens is 926 g/mol. The third kappa shape index (κ3) is 38.2. The molecule has 1 rings (SSSR count). The minimum Gasteiger partial charge on any atom is -0.466 e. The number of phosphoric acid groups is 1. The van der Waals surface area contributed by atoms with Crippen LogP contribution in [0.15, 0.2) is 0 Å². The lowest BCUT2D eigenvalue weighted by atomic mass is 9.93. The summed E-state index contributed by atoms with van der Waals surface area (Å²) in [5, 5.41) is 13.7. The Kier molecular flexibility index (Phi) is 41.5. The molecule has 0 bridgehead atoms.